The van der Waals surface area contributed by atoms with Gasteiger partial charge in [-0.3, -0.25) is 0 Å². The fraction of sp³-hybridized carbons (Fsp3) is 0.467. The summed E-state index contributed by atoms with van der Waals surface area (Å²) in [5, 5.41) is 3.43. The van der Waals surface area contributed by atoms with Gasteiger partial charge in [0.25, 0.3) is 0 Å². The Bertz CT molecular complexity index is 310. The average Bonchev–Trinajstić information content (AvgIpc) is 2.30. The maximum absolute atomic E-state index is 5.25. The highest BCUT2D eigenvalue weighted by Crippen LogP contribution is 2.03. The molecule has 1 nitrogen and oxygen atoms in total. The van der Waals surface area contributed by atoms with Crippen molar-refractivity contribution in [1.29, 1.82) is 0 Å². The summed E-state index contributed by atoms with van der Waals surface area (Å²) in [6.45, 7) is 3.20. The van der Waals surface area contributed by atoms with E-state index in [4.69, 9.17) is 6.42 Å². The summed E-state index contributed by atoms with van der Waals surface area (Å²) in [4.78, 5) is 0. The molecule has 0 fully saturated rings. The topological polar surface area (TPSA) is 12.0 Å². The zero-order chi connectivity index (χ0) is 11.6. The van der Waals surface area contributed by atoms with Gasteiger partial charge >= 0.3 is 0 Å². The van der Waals surface area contributed by atoms with E-state index in [0.29, 0.717) is 6.04 Å². The Morgan fingerprint density at radius 3 is 2.69 bits per heavy atom. The molecule has 1 N–H and O–H groups in total. The number of unbranched alkanes of at least 4 members (excludes halogenated alkanes) is 1. The third-order valence-electron chi connectivity index (χ3n) is 2.65. The number of terminal acetylenes is 1. The van der Waals surface area contributed by atoms with Crippen LogP contribution in [0.1, 0.15) is 31.7 Å². The van der Waals surface area contributed by atoms with Crippen molar-refractivity contribution in [3.8, 4) is 12.3 Å². The molecule has 0 amide bonds. The first-order chi connectivity index (χ1) is 7.83. The van der Waals surface area contributed by atoms with E-state index in [-0.39, 0.29) is 0 Å². The molecule has 0 aliphatic carbocycles. The molecule has 0 saturated carbocycles. The second kappa shape index (κ2) is 7.96. The fourth-order valence-electron chi connectivity index (χ4n) is 1.70. The third kappa shape index (κ3) is 5.58. The minimum absolute atomic E-state index is 0.446. The van der Waals surface area contributed by atoms with Gasteiger partial charge in [0.05, 0.1) is 0 Å². The summed E-state index contributed by atoms with van der Waals surface area (Å²) in [7, 11) is 0. The summed E-state index contributed by atoms with van der Waals surface area (Å²) < 4.78 is 0. The van der Waals surface area contributed by atoms with Crippen LogP contribution in [0.15, 0.2) is 30.3 Å². The molecule has 0 heterocycles. The van der Waals surface area contributed by atoms with Gasteiger partial charge in [-0.2, -0.15) is 0 Å². The first-order valence-electron chi connectivity index (χ1n) is 6.03. The highest BCUT2D eigenvalue weighted by Gasteiger charge is 1.97. The largest absolute Gasteiger partial charge is 0.313 e. The molecule has 0 saturated heterocycles. The van der Waals surface area contributed by atoms with Crippen LogP contribution in [0.5, 0.6) is 0 Å². The van der Waals surface area contributed by atoms with Crippen molar-refractivity contribution in [3.63, 3.8) is 0 Å². The number of hydrogen-bond donors (Lipinski definition) is 1. The molecule has 16 heavy (non-hydrogen) atoms. The molecule has 1 atom stereocenters. The second-order valence-electron chi connectivity index (χ2n) is 4.21. The van der Waals surface area contributed by atoms with Gasteiger partial charge in [0.1, 0.15) is 0 Å². The monoisotopic (exact) mass is 215 g/mol. The molecule has 0 bridgehead atoms. The minimum atomic E-state index is 0.446. The van der Waals surface area contributed by atoms with Crippen molar-refractivity contribution in [2.75, 3.05) is 6.54 Å². The van der Waals surface area contributed by atoms with Gasteiger partial charge in [-0.25, -0.2) is 0 Å². The summed E-state index contributed by atoms with van der Waals surface area (Å²) in [5.74, 6) is 2.67. The molecule has 86 valence electrons. The molecule has 0 radical (unpaired) electrons. The SMILES string of the molecule is C#CCC(C)NCCCCc1ccccc1. The van der Waals surface area contributed by atoms with Gasteiger partial charge < -0.3 is 5.32 Å². The molecule has 0 aliphatic heterocycles. The Morgan fingerprint density at radius 2 is 2.00 bits per heavy atom. The summed E-state index contributed by atoms with van der Waals surface area (Å²) >= 11 is 0. The average molecular weight is 215 g/mol. The van der Waals surface area contributed by atoms with Crippen LogP contribution in [-0.4, -0.2) is 12.6 Å². The Hall–Kier alpha value is -1.26. The first kappa shape index (κ1) is 12.8. The van der Waals surface area contributed by atoms with E-state index in [9.17, 15) is 0 Å². The summed E-state index contributed by atoms with van der Waals surface area (Å²) in [6, 6.07) is 11.1. The Morgan fingerprint density at radius 1 is 1.25 bits per heavy atom. The quantitative estimate of drug-likeness (QED) is 0.544. The van der Waals surface area contributed by atoms with Crippen LogP contribution < -0.4 is 5.32 Å². The van der Waals surface area contributed by atoms with E-state index in [1.807, 2.05) is 0 Å². The number of hydrogen-bond acceptors (Lipinski definition) is 1. The van der Waals surface area contributed by atoms with Gasteiger partial charge in [0.2, 0.25) is 0 Å². The van der Waals surface area contributed by atoms with Crippen molar-refractivity contribution in [2.45, 2.75) is 38.6 Å². The Kier molecular flexibility index (Phi) is 6.37. The normalized spacial score (nSPS) is 12.0. The van der Waals surface area contributed by atoms with E-state index < -0.39 is 0 Å². The molecule has 1 aromatic carbocycles. The van der Waals surface area contributed by atoms with Crippen LogP contribution in [0.4, 0.5) is 0 Å². The van der Waals surface area contributed by atoms with Gasteiger partial charge in [-0.1, -0.05) is 30.3 Å². The van der Waals surface area contributed by atoms with Crippen molar-refractivity contribution in [1.82, 2.24) is 5.32 Å². The van der Waals surface area contributed by atoms with Crippen LogP contribution in [0, 0.1) is 12.3 Å². The highest BCUT2D eigenvalue weighted by atomic mass is 14.9. The lowest BCUT2D eigenvalue weighted by atomic mass is 10.1. The zero-order valence-electron chi connectivity index (χ0n) is 10.1. The van der Waals surface area contributed by atoms with Crippen LogP contribution in [0.25, 0.3) is 0 Å². The summed E-state index contributed by atoms with van der Waals surface area (Å²) in [5.41, 5.74) is 1.43. The van der Waals surface area contributed by atoms with E-state index in [0.717, 1.165) is 13.0 Å². The van der Waals surface area contributed by atoms with Crippen LogP contribution >= 0.6 is 0 Å². The predicted octanol–water partition coefficient (Wildman–Crippen LogP) is 3.01. The maximum atomic E-state index is 5.25. The lowest BCUT2D eigenvalue weighted by Crippen LogP contribution is -2.26. The number of rotatable bonds is 7. The lowest BCUT2D eigenvalue weighted by Gasteiger charge is -2.10. The maximum Gasteiger partial charge on any atom is 0.0238 e. The van der Waals surface area contributed by atoms with Crippen LogP contribution in [0.3, 0.4) is 0 Å². The van der Waals surface area contributed by atoms with Gasteiger partial charge in [0, 0.05) is 12.5 Å². The summed E-state index contributed by atoms with van der Waals surface area (Å²) in [6.07, 6.45) is 9.68. The second-order valence-corrected chi connectivity index (χ2v) is 4.21. The van der Waals surface area contributed by atoms with Crippen LogP contribution in [-0.2, 0) is 6.42 Å². The van der Waals surface area contributed by atoms with Crippen molar-refractivity contribution >= 4 is 0 Å². The lowest BCUT2D eigenvalue weighted by molar-refractivity contribution is 0.536. The molecule has 1 unspecified atom stereocenters. The van der Waals surface area contributed by atoms with E-state index in [2.05, 4.69) is 48.5 Å². The number of aryl methyl sites for hydroxylation is 1. The first-order valence-corrected chi connectivity index (χ1v) is 6.03. The van der Waals surface area contributed by atoms with E-state index >= 15 is 0 Å². The minimum Gasteiger partial charge on any atom is -0.313 e. The van der Waals surface area contributed by atoms with Gasteiger partial charge in [-0.05, 0) is 38.3 Å². The molecule has 0 aromatic heterocycles. The zero-order valence-corrected chi connectivity index (χ0v) is 10.1. The van der Waals surface area contributed by atoms with Gasteiger partial charge in [0.15, 0.2) is 0 Å². The van der Waals surface area contributed by atoms with Crippen molar-refractivity contribution < 1.29 is 0 Å². The number of nitrogens with one attached hydrogen (secondary N) is 1. The molecule has 1 rings (SSSR count). The smallest absolute Gasteiger partial charge is 0.0238 e. The molecular weight excluding hydrogens is 194 g/mol. The van der Waals surface area contributed by atoms with E-state index in [1.54, 1.807) is 0 Å². The molecular formula is C15H21N. The number of benzene rings is 1. The highest BCUT2D eigenvalue weighted by molar-refractivity contribution is 5.14. The standard InChI is InChI=1S/C15H21N/c1-3-9-14(2)16-13-8-7-12-15-10-5-4-6-11-15/h1,4-6,10-11,14,16H,7-9,12-13H2,2H3. The van der Waals surface area contributed by atoms with Gasteiger partial charge in [-0.15, -0.1) is 12.3 Å². The molecule has 0 aliphatic rings. The van der Waals surface area contributed by atoms with E-state index in [1.165, 1.54) is 24.8 Å². The molecule has 0 spiro atoms. The van der Waals surface area contributed by atoms with Crippen molar-refractivity contribution in [3.05, 3.63) is 35.9 Å². The van der Waals surface area contributed by atoms with Crippen LogP contribution in [0.2, 0.25) is 0 Å². The predicted molar refractivity (Wildman–Crippen MR) is 70.3 cm³/mol. The van der Waals surface area contributed by atoms with Crippen molar-refractivity contribution in [2.24, 2.45) is 0 Å². The third-order valence-corrected chi connectivity index (χ3v) is 2.65. The Labute approximate surface area is 99.3 Å². The molecule has 1 heteroatoms. The Balaban J connectivity index is 2.03. The fourth-order valence-corrected chi connectivity index (χ4v) is 1.70. The molecule has 1 aromatic rings.